The number of esters is 1. The Kier molecular flexibility index (Phi) is 5.30. The molecule has 1 aromatic rings. The summed E-state index contributed by atoms with van der Waals surface area (Å²) in [6.45, 7) is 4.30. The van der Waals surface area contributed by atoms with Gasteiger partial charge in [-0.15, -0.1) is 0 Å². The average Bonchev–Trinajstić information content (AvgIpc) is 2.28. The first-order valence-electron chi connectivity index (χ1n) is 4.95. The minimum Gasteiger partial charge on any atom is -0.493 e. The van der Waals surface area contributed by atoms with Crippen molar-refractivity contribution < 1.29 is 14.3 Å². The minimum atomic E-state index is -0.241. The van der Waals surface area contributed by atoms with Gasteiger partial charge in [0.2, 0.25) is 0 Å². The molecule has 81 valence electrons. The van der Waals surface area contributed by atoms with Crippen LogP contribution < -0.4 is 4.74 Å². The Bertz CT molecular complexity index is 282. The summed E-state index contributed by atoms with van der Waals surface area (Å²) >= 11 is 0. The Morgan fingerprint density at radius 3 is 2.60 bits per heavy atom. The highest BCUT2D eigenvalue weighted by Gasteiger charge is 2.01. The molecule has 0 aromatic heterocycles. The number of benzene rings is 1. The van der Waals surface area contributed by atoms with Gasteiger partial charge < -0.3 is 9.47 Å². The van der Waals surface area contributed by atoms with E-state index in [0.29, 0.717) is 19.6 Å². The number of carbonyl (C=O) groups excluding carboxylic acids is 1. The summed E-state index contributed by atoms with van der Waals surface area (Å²) in [6.07, 6.45) is 0.875. The third kappa shape index (κ3) is 5.05. The fraction of sp³-hybridized carbons (Fsp3) is 0.333. The summed E-state index contributed by atoms with van der Waals surface area (Å²) in [7, 11) is 0. The summed E-state index contributed by atoms with van der Waals surface area (Å²) in [4.78, 5) is 11.1. The molecule has 0 aliphatic rings. The zero-order chi connectivity index (χ0) is 10.9. The number of rotatable bonds is 6. The molecule has 0 aliphatic carbocycles. The van der Waals surface area contributed by atoms with E-state index in [4.69, 9.17) is 9.47 Å². The summed E-state index contributed by atoms with van der Waals surface area (Å²) in [5.41, 5.74) is 0. The van der Waals surface area contributed by atoms with Crippen LogP contribution in [0.15, 0.2) is 30.3 Å². The Morgan fingerprint density at radius 2 is 1.93 bits per heavy atom. The van der Waals surface area contributed by atoms with Crippen LogP contribution in [0.3, 0.4) is 0 Å². The van der Waals surface area contributed by atoms with Crippen molar-refractivity contribution in [3.8, 4) is 5.75 Å². The van der Waals surface area contributed by atoms with E-state index in [1.165, 1.54) is 0 Å². The van der Waals surface area contributed by atoms with Crippen LogP contribution in [0.2, 0.25) is 0 Å². The molecule has 0 spiro atoms. The van der Waals surface area contributed by atoms with Crippen molar-refractivity contribution >= 4 is 5.97 Å². The van der Waals surface area contributed by atoms with Gasteiger partial charge in [0.1, 0.15) is 5.75 Å². The second-order valence-electron chi connectivity index (χ2n) is 2.99. The lowest BCUT2D eigenvalue weighted by Crippen LogP contribution is -2.10. The van der Waals surface area contributed by atoms with Gasteiger partial charge >= 0.3 is 5.97 Å². The van der Waals surface area contributed by atoms with Crippen molar-refractivity contribution in [3.05, 3.63) is 37.3 Å². The third-order valence-corrected chi connectivity index (χ3v) is 1.73. The largest absolute Gasteiger partial charge is 0.493 e. The van der Waals surface area contributed by atoms with Crippen molar-refractivity contribution in [2.75, 3.05) is 13.2 Å². The molecule has 0 fully saturated rings. The summed E-state index contributed by atoms with van der Waals surface area (Å²) in [5.74, 6) is 0.525. The molecule has 0 aliphatic heterocycles. The average molecular weight is 207 g/mol. The summed E-state index contributed by atoms with van der Waals surface area (Å²) in [5, 5.41) is 0. The lowest BCUT2D eigenvalue weighted by Gasteiger charge is -2.05. The maximum absolute atomic E-state index is 11.1. The van der Waals surface area contributed by atoms with Gasteiger partial charge in [0.25, 0.3) is 0 Å². The number of hydrogen-bond acceptors (Lipinski definition) is 3. The maximum Gasteiger partial charge on any atom is 0.309 e. The van der Waals surface area contributed by atoms with Gasteiger partial charge in [-0.05, 0) is 25.5 Å². The Morgan fingerprint density at radius 1 is 1.20 bits per heavy atom. The monoisotopic (exact) mass is 207 g/mol. The molecule has 1 radical (unpaired) electrons. The predicted molar refractivity (Wildman–Crippen MR) is 57.5 cm³/mol. The lowest BCUT2D eigenvalue weighted by molar-refractivity contribution is -0.144. The molecule has 0 saturated carbocycles. The van der Waals surface area contributed by atoms with Crippen LogP contribution in [-0.4, -0.2) is 19.2 Å². The van der Waals surface area contributed by atoms with Crippen LogP contribution in [0, 0.1) is 6.92 Å². The second kappa shape index (κ2) is 6.87. The zero-order valence-electron chi connectivity index (χ0n) is 8.65. The fourth-order valence-corrected chi connectivity index (χ4v) is 1.03. The Hall–Kier alpha value is -1.51. The normalized spacial score (nSPS) is 9.67. The van der Waals surface area contributed by atoms with Crippen molar-refractivity contribution in [3.63, 3.8) is 0 Å². The number of ether oxygens (including phenoxy) is 2. The van der Waals surface area contributed by atoms with E-state index in [-0.39, 0.29) is 12.4 Å². The van der Waals surface area contributed by atoms with Gasteiger partial charge in [-0.1, -0.05) is 18.2 Å². The topological polar surface area (TPSA) is 35.5 Å². The maximum atomic E-state index is 11.1. The first-order chi connectivity index (χ1) is 7.33. The quantitative estimate of drug-likeness (QED) is 0.671. The molecule has 0 bridgehead atoms. The standard InChI is InChI=1S/C12H15O3/c1-2-9-15-12(13)8-10-14-11-6-4-3-5-7-11/h3-7H,1-2,8-10H2. The Labute approximate surface area is 90.0 Å². The third-order valence-electron chi connectivity index (χ3n) is 1.73. The van der Waals surface area contributed by atoms with E-state index < -0.39 is 0 Å². The van der Waals surface area contributed by atoms with Gasteiger partial charge in [-0.2, -0.15) is 0 Å². The second-order valence-corrected chi connectivity index (χ2v) is 2.99. The molecule has 15 heavy (non-hydrogen) atoms. The molecule has 3 heteroatoms. The van der Waals surface area contributed by atoms with Gasteiger partial charge in [0, 0.05) is 0 Å². The van der Waals surface area contributed by atoms with E-state index in [0.717, 1.165) is 5.75 Å². The van der Waals surface area contributed by atoms with E-state index in [9.17, 15) is 4.79 Å². The van der Waals surface area contributed by atoms with Crippen LogP contribution in [-0.2, 0) is 9.53 Å². The molecular weight excluding hydrogens is 192 g/mol. The zero-order valence-corrected chi connectivity index (χ0v) is 8.65. The number of hydrogen-bond donors (Lipinski definition) is 0. The molecule has 1 aromatic carbocycles. The molecule has 0 amide bonds. The highest BCUT2D eigenvalue weighted by atomic mass is 16.5. The molecule has 0 atom stereocenters. The predicted octanol–water partition coefficient (Wildman–Crippen LogP) is 2.22. The summed E-state index contributed by atoms with van der Waals surface area (Å²) in [6, 6.07) is 9.38. The Balaban J connectivity index is 2.14. The molecule has 0 saturated heterocycles. The van der Waals surface area contributed by atoms with Crippen molar-refractivity contribution in [2.24, 2.45) is 0 Å². The highest BCUT2D eigenvalue weighted by molar-refractivity contribution is 5.69. The molecule has 0 N–H and O–H groups in total. The van der Waals surface area contributed by atoms with Crippen LogP contribution in [0.5, 0.6) is 5.75 Å². The molecule has 0 heterocycles. The number of carbonyl (C=O) groups is 1. The molecule has 0 unspecified atom stereocenters. The first-order valence-corrected chi connectivity index (χ1v) is 4.95. The smallest absolute Gasteiger partial charge is 0.309 e. The van der Waals surface area contributed by atoms with Gasteiger partial charge in [0.15, 0.2) is 0 Å². The molecular formula is C12H15O3. The van der Waals surface area contributed by atoms with Crippen LogP contribution >= 0.6 is 0 Å². The van der Waals surface area contributed by atoms with Crippen LogP contribution in [0.25, 0.3) is 0 Å². The van der Waals surface area contributed by atoms with Crippen LogP contribution in [0.1, 0.15) is 12.8 Å². The van der Waals surface area contributed by atoms with Gasteiger partial charge in [-0.3, -0.25) is 4.79 Å². The fourth-order valence-electron chi connectivity index (χ4n) is 1.03. The first kappa shape index (κ1) is 11.6. The van der Waals surface area contributed by atoms with E-state index in [1.54, 1.807) is 0 Å². The van der Waals surface area contributed by atoms with Crippen molar-refractivity contribution in [1.29, 1.82) is 0 Å². The lowest BCUT2D eigenvalue weighted by atomic mass is 10.3. The minimum absolute atomic E-state index is 0.241. The van der Waals surface area contributed by atoms with E-state index in [2.05, 4.69) is 6.92 Å². The SMILES string of the molecule is [CH2]CCOC(=O)CCOc1ccccc1. The highest BCUT2D eigenvalue weighted by Crippen LogP contribution is 2.08. The molecule has 1 rings (SSSR count). The summed E-state index contributed by atoms with van der Waals surface area (Å²) < 4.78 is 10.2. The van der Waals surface area contributed by atoms with E-state index >= 15 is 0 Å². The van der Waals surface area contributed by atoms with E-state index in [1.807, 2.05) is 30.3 Å². The van der Waals surface area contributed by atoms with Crippen molar-refractivity contribution in [1.82, 2.24) is 0 Å². The molecule has 3 nitrogen and oxygen atoms in total. The number of para-hydroxylation sites is 1. The van der Waals surface area contributed by atoms with Crippen molar-refractivity contribution in [2.45, 2.75) is 12.8 Å². The van der Waals surface area contributed by atoms with Gasteiger partial charge in [-0.25, -0.2) is 0 Å². The van der Waals surface area contributed by atoms with Gasteiger partial charge in [0.05, 0.1) is 19.6 Å². The van der Waals surface area contributed by atoms with Crippen LogP contribution in [0.4, 0.5) is 0 Å².